The summed E-state index contributed by atoms with van der Waals surface area (Å²) in [6.07, 6.45) is 5.32. The molecule has 3 rings (SSSR count). The minimum absolute atomic E-state index is 0.210. The number of amides is 2. The second-order valence-electron chi connectivity index (χ2n) is 7.19. The number of ether oxygens (including phenoxy) is 2. The molecular formula is C23H28N2O4. The highest BCUT2D eigenvalue weighted by molar-refractivity contribution is 6.39. The molecule has 1 aliphatic rings. The number of carbonyl (C=O) groups is 2. The van der Waals surface area contributed by atoms with Gasteiger partial charge in [-0.15, -0.1) is 0 Å². The maximum Gasteiger partial charge on any atom is 0.313 e. The van der Waals surface area contributed by atoms with E-state index >= 15 is 0 Å². The highest BCUT2D eigenvalue weighted by atomic mass is 16.5. The second kappa shape index (κ2) is 9.45. The molecule has 0 fully saturated rings. The van der Waals surface area contributed by atoms with Crippen LogP contribution in [-0.2, 0) is 22.4 Å². The SMILES string of the molecule is CCC(NC(=O)C(=O)Nc1ccc(OC)cc1OC)c1ccc2c(c1)CCCC2. The molecule has 6 heteroatoms. The molecule has 2 N–H and O–H groups in total. The van der Waals surface area contributed by atoms with Crippen LogP contribution in [0.25, 0.3) is 0 Å². The Morgan fingerprint density at radius 1 is 0.966 bits per heavy atom. The summed E-state index contributed by atoms with van der Waals surface area (Å²) in [6.45, 7) is 1.99. The maximum atomic E-state index is 12.5. The molecule has 2 aromatic carbocycles. The summed E-state index contributed by atoms with van der Waals surface area (Å²) in [5, 5.41) is 5.47. The van der Waals surface area contributed by atoms with Gasteiger partial charge in [0, 0.05) is 6.07 Å². The van der Waals surface area contributed by atoms with E-state index in [0.29, 0.717) is 23.6 Å². The van der Waals surface area contributed by atoms with Gasteiger partial charge in [0.15, 0.2) is 0 Å². The molecule has 2 amide bonds. The van der Waals surface area contributed by atoms with Crippen LogP contribution in [0.15, 0.2) is 36.4 Å². The molecule has 154 valence electrons. The van der Waals surface area contributed by atoms with Crippen molar-refractivity contribution in [3.05, 3.63) is 53.1 Å². The van der Waals surface area contributed by atoms with Crippen LogP contribution in [-0.4, -0.2) is 26.0 Å². The topological polar surface area (TPSA) is 76.7 Å². The van der Waals surface area contributed by atoms with Crippen molar-refractivity contribution in [2.24, 2.45) is 0 Å². The largest absolute Gasteiger partial charge is 0.497 e. The first-order valence-corrected chi connectivity index (χ1v) is 10.0. The lowest BCUT2D eigenvalue weighted by Crippen LogP contribution is -2.37. The van der Waals surface area contributed by atoms with Crippen LogP contribution in [0.1, 0.15) is 48.9 Å². The normalized spacial score (nSPS) is 13.8. The van der Waals surface area contributed by atoms with Crippen LogP contribution >= 0.6 is 0 Å². The summed E-state index contributed by atoms with van der Waals surface area (Å²) < 4.78 is 10.4. The zero-order chi connectivity index (χ0) is 20.8. The quantitative estimate of drug-likeness (QED) is 0.729. The molecule has 0 bridgehead atoms. The van der Waals surface area contributed by atoms with Crippen molar-refractivity contribution in [2.45, 2.75) is 45.1 Å². The molecular weight excluding hydrogens is 368 g/mol. The average molecular weight is 396 g/mol. The number of rotatable bonds is 6. The standard InChI is InChI=1S/C23H28N2O4/c1-4-19(17-10-9-15-7-5-6-8-16(15)13-17)24-22(26)23(27)25-20-12-11-18(28-2)14-21(20)29-3/h9-14,19H,4-8H2,1-3H3,(H,24,26)(H,25,27). The number of methoxy groups -OCH3 is 2. The van der Waals surface area contributed by atoms with Gasteiger partial charge < -0.3 is 20.1 Å². The van der Waals surface area contributed by atoms with Gasteiger partial charge in [0.1, 0.15) is 11.5 Å². The van der Waals surface area contributed by atoms with Crippen LogP contribution in [0.4, 0.5) is 5.69 Å². The first-order valence-electron chi connectivity index (χ1n) is 10.0. The lowest BCUT2D eigenvalue weighted by Gasteiger charge is -2.21. The summed E-state index contributed by atoms with van der Waals surface area (Å²) in [5.41, 5.74) is 4.20. The third-order valence-corrected chi connectivity index (χ3v) is 5.35. The maximum absolute atomic E-state index is 12.5. The molecule has 0 saturated carbocycles. The number of fused-ring (bicyclic) bond motifs is 1. The van der Waals surface area contributed by atoms with E-state index in [1.807, 2.05) is 6.92 Å². The molecule has 6 nitrogen and oxygen atoms in total. The zero-order valence-electron chi connectivity index (χ0n) is 17.2. The van der Waals surface area contributed by atoms with Gasteiger partial charge in [-0.05, 0) is 60.9 Å². The molecule has 0 spiro atoms. The minimum Gasteiger partial charge on any atom is -0.497 e. The van der Waals surface area contributed by atoms with E-state index < -0.39 is 11.8 Å². The van der Waals surface area contributed by atoms with Crippen molar-refractivity contribution >= 4 is 17.5 Å². The fourth-order valence-electron chi connectivity index (χ4n) is 3.70. The first kappa shape index (κ1) is 20.7. The monoisotopic (exact) mass is 396 g/mol. The van der Waals surface area contributed by atoms with Crippen LogP contribution in [0, 0.1) is 0 Å². The third-order valence-electron chi connectivity index (χ3n) is 5.35. The van der Waals surface area contributed by atoms with Gasteiger partial charge in [0.2, 0.25) is 0 Å². The Labute approximate surface area is 171 Å². The predicted molar refractivity (Wildman–Crippen MR) is 112 cm³/mol. The van der Waals surface area contributed by atoms with Crippen LogP contribution in [0.5, 0.6) is 11.5 Å². The Kier molecular flexibility index (Phi) is 6.75. The first-order chi connectivity index (χ1) is 14.0. The lowest BCUT2D eigenvalue weighted by molar-refractivity contribution is -0.136. The van der Waals surface area contributed by atoms with E-state index in [0.717, 1.165) is 18.4 Å². The molecule has 1 atom stereocenters. The third kappa shape index (κ3) is 4.88. The zero-order valence-corrected chi connectivity index (χ0v) is 17.2. The summed E-state index contributed by atoms with van der Waals surface area (Å²) in [6, 6.07) is 11.2. The summed E-state index contributed by atoms with van der Waals surface area (Å²) in [4.78, 5) is 25.0. The van der Waals surface area contributed by atoms with Crippen molar-refractivity contribution in [3.8, 4) is 11.5 Å². The lowest BCUT2D eigenvalue weighted by atomic mass is 9.89. The second-order valence-corrected chi connectivity index (χ2v) is 7.19. The van der Waals surface area contributed by atoms with Crippen molar-refractivity contribution in [3.63, 3.8) is 0 Å². The van der Waals surface area contributed by atoms with Gasteiger partial charge in [0.25, 0.3) is 0 Å². The van der Waals surface area contributed by atoms with Gasteiger partial charge in [-0.3, -0.25) is 9.59 Å². The Bertz CT molecular complexity index is 894. The van der Waals surface area contributed by atoms with Gasteiger partial charge >= 0.3 is 11.8 Å². The van der Waals surface area contributed by atoms with Crippen molar-refractivity contribution in [1.82, 2.24) is 5.32 Å². The van der Waals surface area contributed by atoms with E-state index in [4.69, 9.17) is 9.47 Å². The number of anilines is 1. The summed E-state index contributed by atoms with van der Waals surface area (Å²) >= 11 is 0. The Balaban J connectivity index is 1.69. The Hall–Kier alpha value is -3.02. The Morgan fingerprint density at radius 3 is 2.41 bits per heavy atom. The fraction of sp³-hybridized carbons (Fsp3) is 0.391. The molecule has 0 radical (unpaired) electrons. The van der Waals surface area contributed by atoms with Crippen molar-refractivity contribution in [1.29, 1.82) is 0 Å². The molecule has 0 heterocycles. The van der Waals surface area contributed by atoms with Crippen LogP contribution < -0.4 is 20.1 Å². The van der Waals surface area contributed by atoms with Gasteiger partial charge in [-0.2, -0.15) is 0 Å². The summed E-state index contributed by atoms with van der Waals surface area (Å²) in [5.74, 6) is -0.382. The predicted octanol–water partition coefficient (Wildman–Crippen LogP) is 3.79. The molecule has 1 unspecified atom stereocenters. The molecule has 2 aromatic rings. The van der Waals surface area contributed by atoms with Crippen LogP contribution in [0.2, 0.25) is 0 Å². The smallest absolute Gasteiger partial charge is 0.313 e. The number of benzene rings is 2. The molecule has 0 aromatic heterocycles. The number of hydrogen-bond acceptors (Lipinski definition) is 4. The highest BCUT2D eigenvalue weighted by Gasteiger charge is 2.21. The Morgan fingerprint density at radius 2 is 1.72 bits per heavy atom. The van der Waals surface area contributed by atoms with E-state index in [1.54, 1.807) is 25.3 Å². The van der Waals surface area contributed by atoms with E-state index in [-0.39, 0.29) is 6.04 Å². The fourth-order valence-corrected chi connectivity index (χ4v) is 3.70. The van der Waals surface area contributed by atoms with E-state index in [1.165, 1.54) is 31.1 Å². The number of hydrogen-bond donors (Lipinski definition) is 2. The number of carbonyl (C=O) groups excluding carboxylic acids is 2. The molecule has 0 aliphatic heterocycles. The average Bonchev–Trinajstić information content (AvgIpc) is 2.77. The van der Waals surface area contributed by atoms with E-state index in [9.17, 15) is 9.59 Å². The highest BCUT2D eigenvalue weighted by Crippen LogP contribution is 2.29. The summed E-state index contributed by atoms with van der Waals surface area (Å²) in [7, 11) is 3.04. The van der Waals surface area contributed by atoms with E-state index in [2.05, 4.69) is 28.8 Å². The van der Waals surface area contributed by atoms with Crippen LogP contribution in [0.3, 0.4) is 0 Å². The molecule has 29 heavy (non-hydrogen) atoms. The van der Waals surface area contributed by atoms with Crippen molar-refractivity contribution < 1.29 is 19.1 Å². The minimum atomic E-state index is -0.732. The van der Waals surface area contributed by atoms with Crippen molar-refractivity contribution in [2.75, 3.05) is 19.5 Å². The molecule has 0 saturated heterocycles. The number of nitrogens with one attached hydrogen (secondary N) is 2. The number of aryl methyl sites for hydroxylation is 2. The van der Waals surface area contributed by atoms with Gasteiger partial charge in [-0.25, -0.2) is 0 Å². The molecule has 1 aliphatic carbocycles. The van der Waals surface area contributed by atoms with Gasteiger partial charge in [-0.1, -0.05) is 25.1 Å². The van der Waals surface area contributed by atoms with Gasteiger partial charge in [0.05, 0.1) is 25.9 Å².